The molecule has 1 amide bonds. The molecule has 0 bridgehead atoms. The molecule has 1 aliphatic rings. The zero-order chi connectivity index (χ0) is 16.9. The number of benzene rings is 2. The van der Waals surface area contributed by atoms with E-state index in [9.17, 15) is 4.79 Å². The van der Waals surface area contributed by atoms with E-state index in [0.29, 0.717) is 30.0 Å². The number of hydrogen-bond acceptors (Lipinski definition) is 4. The number of nitrogens with zero attached hydrogens (tertiary/aromatic N) is 3. The van der Waals surface area contributed by atoms with Gasteiger partial charge in [-0.2, -0.15) is 5.26 Å². The fraction of sp³-hybridized carbons (Fsp3) is 0.263. The van der Waals surface area contributed by atoms with Crippen LogP contribution in [0.2, 0.25) is 0 Å². The standard InChI is InChI=1S/C19H19N3O2/c1-24-18-4-2-3-16(13-18)19(23)22-11-9-21(10-12-22)17-7-5-15(14-20)6-8-17/h2-8,13H,9-12H2,1H3. The molecule has 1 saturated heterocycles. The van der Waals surface area contributed by atoms with E-state index in [1.54, 1.807) is 13.2 Å². The molecule has 5 nitrogen and oxygen atoms in total. The third-order valence-electron chi connectivity index (χ3n) is 4.25. The maximum absolute atomic E-state index is 12.6. The van der Waals surface area contributed by atoms with Gasteiger partial charge >= 0.3 is 0 Å². The first kappa shape index (κ1) is 15.9. The van der Waals surface area contributed by atoms with Gasteiger partial charge in [-0.15, -0.1) is 0 Å². The van der Waals surface area contributed by atoms with Crippen molar-refractivity contribution in [2.75, 3.05) is 38.2 Å². The summed E-state index contributed by atoms with van der Waals surface area (Å²) in [5.74, 6) is 0.727. The van der Waals surface area contributed by atoms with Gasteiger partial charge in [0, 0.05) is 37.4 Å². The van der Waals surface area contributed by atoms with Crippen LogP contribution in [0.15, 0.2) is 48.5 Å². The molecule has 0 aliphatic carbocycles. The Bertz CT molecular complexity index is 757. The lowest BCUT2D eigenvalue weighted by Gasteiger charge is -2.36. The van der Waals surface area contributed by atoms with Gasteiger partial charge < -0.3 is 14.5 Å². The highest BCUT2D eigenvalue weighted by Gasteiger charge is 2.22. The van der Waals surface area contributed by atoms with E-state index in [4.69, 9.17) is 10.00 Å². The number of amides is 1. The van der Waals surface area contributed by atoms with Crippen molar-refractivity contribution in [3.05, 3.63) is 59.7 Å². The predicted octanol–water partition coefficient (Wildman–Crippen LogP) is 2.53. The molecule has 1 heterocycles. The average Bonchev–Trinajstić information content (AvgIpc) is 2.67. The second kappa shape index (κ2) is 7.05. The van der Waals surface area contributed by atoms with Crippen molar-refractivity contribution in [3.8, 4) is 11.8 Å². The second-order valence-corrected chi connectivity index (χ2v) is 5.67. The minimum absolute atomic E-state index is 0.0355. The van der Waals surface area contributed by atoms with Gasteiger partial charge in [0.25, 0.3) is 5.91 Å². The first-order valence-electron chi connectivity index (χ1n) is 7.89. The van der Waals surface area contributed by atoms with Crippen molar-refractivity contribution in [3.63, 3.8) is 0 Å². The number of piperazine rings is 1. The summed E-state index contributed by atoms with van der Waals surface area (Å²) in [5, 5.41) is 8.86. The first-order valence-corrected chi connectivity index (χ1v) is 7.89. The zero-order valence-corrected chi connectivity index (χ0v) is 13.6. The molecule has 24 heavy (non-hydrogen) atoms. The molecule has 0 saturated carbocycles. The van der Waals surface area contributed by atoms with Crippen molar-refractivity contribution in [1.82, 2.24) is 4.90 Å². The number of methoxy groups -OCH3 is 1. The topological polar surface area (TPSA) is 56.6 Å². The van der Waals surface area contributed by atoms with Crippen LogP contribution in [0.1, 0.15) is 15.9 Å². The summed E-state index contributed by atoms with van der Waals surface area (Å²) in [6, 6.07) is 16.9. The highest BCUT2D eigenvalue weighted by Crippen LogP contribution is 2.19. The number of rotatable bonds is 3. The van der Waals surface area contributed by atoms with E-state index in [2.05, 4.69) is 11.0 Å². The van der Waals surface area contributed by atoms with Crippen molar-refractivity contribution >= 4 is 11.6 Å². The molecule has 0 atom stereocenters. The van der Waals surface area contributed by atoms with E-state index < -0.39 is 0 Å². The molecule has 0 unspecified atom stereocenters. The summed E-state index contributed by atoms with van der Waals surface area (Å²) in [7, 11) is 1.60. The number of anilines is 1. The SMILES string of the molecule is COc1cccc(C(=O)N2CCN(c3ccc(C#N)cc3)CC2)c1. The third kappa shape index (κ3) is 3.33. The summed E-state index contributed by atoms with van der Waals surface area (Å²) in [4.78, 5) is 16.7. The molecule has 3 rings (SSSR count). The van der Waals surface area contributed by atoms with Crippen LogP contribution in [0, 0.1) is 11.3 Å². The van der Waals surface area contributed by atoms with Crippen LogP contribution < -0.4 is 9.64 Å². The molecule has 0 spiro atoms. The van der Waals surface area contributed by atoms with Gasteiger partial charge in [0.05, 0.1) is 18.7 Å². The summed E-state index contributed by atoms with van der Waals surface area (Å²) in [6.07, 6.45) is 0. The largest absolute Gasteiger partial charge is 0.497 e. The lowest BCUT2D eigenvalue weighted by molar-refractivity contribution is 0.0746. The van der Waals surface area contributed by atoms with Crippen molar-refractivity contribution in [2.24, 2.45) is 0 Å². The lowest BCUT2D eigenvalue weighted by Crippen LogP contribution is -2.48. The van der Waals surface area contributed by atoms with Crippen LogP contribution >= 0.6 is 0 Å². The Labute approximate surface area is 141 Å². The van der Waals surface area contributed by atoms with Gasteiger partial charge in [-0.25, -0.2) is 0 Å². The van der Waals surface area contributed by atoms with Gasteiger partial charge in [-0.3, -0.25) is 4.79 Å². The number of ether oxygens (including phenoxy) is 1. The Hall–Kier alpha value is -3.00. The molecular weight excluding hydrogens is 302 g/mol. The Balaban J connectivity index is 1.63. The van der Waals surface area contributed by atoms with Crippen molar-refractivity contribution in [1.29, 1.82) is 5.26 Å². The van der Waals surface area contributed by atoms with E-state index in [1.807, 2.05) is 47.4 Å². The van der Waals surface area contributed by atoms with E-state index in [1.165, 1.54) is 0 Å². The monoisotopic (exact) mass is 321 g/mol. The third-order valence-corrected chi connectivity index (χ3v) is 4.25. The molecule has 2 aromatic rings. The minimum atomic E-state index is 0.0355. The number of hydrogen-bond donors (Lipinski definition) is 0. The smallest absolute Gasteiger partial charge is 0.254 e. The van der Waals surface area contributed by atoms with Crippen molar-refractivity contribution in [2.45, 2.75) is 0 Å². The van der Waals surface area contributed by atoms with Crippen LogP contribution in [-0.2, 0) is 0 Å². The van der Waals surface area contributed by atoms with E-state index in [-0.39, 0.29) is 5.91 Å². The highest BCUT2D eigenvalue weighted by atomic mass is 16.5. The number of carbonyl (C=O) groups is 1. The molecule has 0 radical (unpaired) electrons. The Morgan fingerprint density at radius 3 is 2.42 bits per heavy atom. The summed E-state index contributed by atoms with van der Waals surface area (Å²) < 4.78 is 5.18. The van der Waals surface area contributed by atoms with Gasteiger partial charge in [0.15, 0.2) is 0 Å². The molecule has 0 N–H and O–H groups in total. The summed E-state index contributed by atoms with van der Waals surface area (Å²) in [5.41, 5.74) is 2.40. The van der Waals surface area contributed by atoms with Crippen LogP contribution in [0.5, 0.6) is 5.75 Å². The van der Waals surface area contributed by atoms with E-state index >= 15 is 0 Å². The van der Waals surface area contributed by atoms with Crippen LogP contribution in [0.3, 0.4) is 0 Å². The van der Waals surface area contributed by atoms with Gasteiger partial charge in [-0.05, 0) is 42.5 Å². The van der Waals surface area contributed by atoms with Crippen LogP contribution in [0.4, 0.5) is 5.69 Å². The number of nitriles is 1. The number of carbonyl (C=O) groups excluding carboxylic acids is 1. The lowest BCUT2D eigenvalue weighted by atomic mass is 10.1. The maximum atomic E-state index is 12.6. The first-order chi connectivity index (χ1) is 11.7. The van der Waals surface area contributed by atoms with Crippen molar-refractivity contribution < 1.29 is 9.53 Å². The molecule has 0 aromatic heterocycles. The zero-order valence-electron chi connectivity index (χ0n) is 13.6. The molecule has 5 heteroatoms. The molecule has 1 fully saturated rings. The van der Waals surface area contributed by atoms with Gasteiger partial charge in [-0.1, -0.05) is 6.07 Å². The maximum Gasteiger partial charge on any atom is 0.254 e. The van der Waals surface area contributed by atoms with E-state index in [0.717, 1.165) is 18.8 Å². The van der Waals surface area contributed by atoms with Crippen LogP contribution in [-0.4, -0.2) is 44.1 Å². The van der Waals surface area contributed by atoms with Gasteiger partial charge in [0.2, 0.25) is 0 Å². The highest BCUT2D eigenvalue weighted by molar-refractivity contribution is 5.94. The molecular formula is C19H19N3O2. The molecule has 2 aromatic carbocycles. The van der Waals surface area contributed by atoms with Crippen LogP contribution in [0.25, 0.3) is 0 Å². The minimum Gasteiger partial charge on any atom is -0.497 e. The predicted molar refractivity (Wildman–Crippen MR) is 92.3 cm³/mol. The Morgan fingerprint density at radius 1 is 1.08 bits per heavy atom. The summed E-state index contributed by atoms with van der Waals surface area (Å²) in [6.45, 7) is 2.91. The molecule has 122 valence electrons. The average molecular weight is 321 g/mol. The molecule has 1 aliphatic heterocycles. The normalized spacial score (nSPS) is 14.2. The summed E-state index contributed by atoms with van der Waals surface area (Å²) >= 11 is 0. The second-order valence-electron chi connectivity index (χ2n) is 5.67. The van der Waals surface area contributed by atoms with Gasteiger partial charge in [0.1, 0.15) is 5.75 Å². The Morgan fingerprint density at radius 2 is 1.79 bits per heavy atom. The fourth-order valence-corrected chi connectivity index (χ4v) is 2.85. The Kier molecular flexibility index (Phi) is 4.66. The fourth-order valence-electron chi connectivity index (χ4n) is 2.85. The quantitative estimate of drug-likeness (QED) is 0.872.